The molecule has 2 rings (SSSR count). The molecule has 120 valence electrons. The van der Waals surface area contributed by atoms with Gasteiger partial charge in [-0.1, -0.05) is 20.3 Å². The maximum absolute atomic E-state index is 12.2. The normalized spacial score (nSPS) is 26.9. The van der Waals surface area contributed by atoms with Crippen LogP contribution in [0.3, 0.4) is 0 Å². The number of aliphatic hydroxyl groups is 1. The maximum Gasteiger partial charge on any atom is 0.257 e. The third-order valence-corrected chi connectivity index (χ3v) is 5.74. The second-order valence-corrected chi connectivity index (χ2v) is 7.68. The Morgan fingerprint density at radius 3 is 2.62 bits per heavy atom. The van der Waals surface area contributed by atoms with Crippen LogP contribution in [0, 0.1) is 5.92 Å². The van der Waals surface area contributed by atoms with Gasteiger partial charge < -0.3 is 10.1 Å². The summed E-state index contributed by atoms with van der Waals surface area (Å²) in [6, 6.07) is 0. The van der Waals surface area contributed by atoms with Gasteiger partial charge in [0, 0.05) is 13.0 Å². The molecule has 1 fully saturated rings. The lowest BCUT2D eigenvalue weighted by molar-refractivity contribution is -0.00443. The molecule has 0 amide bonds. The molecule has 6 nitrogen and oxygen atoms in total. The average Bonchev–Trinajstić information content (AvgIpc) is 2.96. The Balaban J connectivity index is 1.95. The minimum absolute atomic E-state index is 0.0604. The van der Waals surface area contributed by atoms with Gasteiger partial charge in [-0.3, -0.25) is 0 Å². The number of aryl methyl sites for hydroxylation is 1. The molecule has 1 heterocycles. The monoisotopic (exact) mass is 315 g/mol. The quantitative estimate of drug-likeness (QED) is 0.743. The lowest BCUT2D eigenvalue weighted by atomic mass is 9.78. The molecule has 1 aliphatic rings. The third kappa shape index (κ3) is 4.05. The van der Waals surface area contributed by atoms with Crippen molar-refractivity contribution in [2.24, 2.45) is 5.92 Å². The van der Waals surface area contributed by atoms with Crippen LogP contribution in [0.1, 0.15) is 51.8 Å². The highest BCUT2D eigenvalue weighted by Gasteiger charge is 2.34. The molecule has 0 unspecified atom stereocenters. The molecular weight excluding hydrogens is 290 g/mol. The van der Waals surface area contributed by atoms with E-state index in [0.717, 1.165) is 19.3 Å². The van der Waals surface area contributed by atoms with Crippen molar-refractivity contribution in [3.05, 3.63) is 12.0 Å². The number of H-pyrrole nitrogens is 1. The van der Waals surface area contributed by atoms with E-state index >= 15 is 0 Å². The Morgan fingerprint density at radius 2 is 2.10 bits per heavy atom. The number of nitrogens with one attached hydrogen (secondary N) is 2. The Labute approximate surface area is 126 Å². The molecular formula is C14H25N3O3S. The van der Waals surface area contributed by atoms with Gasteiger partial charge in [0.05, 0.1) is 11.8 Å². The first-order valence-corrected chi connectivity index (χ1v) is 9.13. The van der Waals surface area contributed by atoms with Gasteiger partial charge in [0.15, 0.2) is 5.03 Å². The Bertz CT molecular complexity index is 560. The summed E-state index contributed by atoms with van der Waals surface area (Å²) in [4.78, 5) is 6.77. The van der Waals surface area contributed by atoms with Crippen molar-refractivity contribution < 1.29 is 13.5 Å². The molecule has 21 heavy (non-hydrogen) atoms. The van der Waals surface area contributed by atoms with Gasteiger partial charge in [-0.15, -0.1) is 0 Å². The van der Waals surface area contributed by atoms with Gasteiger partial charge >= 0.3 is 0 Å². The standard InChI is InChI=1S/C14H25N3O3S/c1-3-11-5-7-14(18,8-6-11)10-16-21(19,20)13-9-15-12(4-2)17-13/h9,11,16,18H,3-8,10H2,1-2H3,(H,15,17). The molecule has 1 aliphatic carbocycles. The van der Waals surface area contributed by atoms with E-state index in [1.165, 1.54) is 6.20 Å². The number of nitrogens with zero attached hydrogens (tertiary/aromatic N) is 1. The predicted octanol–water partition coefficient (Wildman–Crippen LogP) is 1.58. The predicted molar refractivity (Wildman–Crippen MR) is 80.4 cm³/mol. The highest BCUT2D eigenvalue weighted by molar-refractivity contribution is 7.89. The summed E-state index contributed by atoms with van der Waals surface area (Å²) in [6.45, 7) is 4.12. The second kappa shape index (κ2) is 6.46. The van der Waals surface area contributed by atoms with Crippen LogP contribution < -0.4 is 4.72 Å². The summed E-state index contributed by atoms with van der Waals surface area (Å²) in [5.41, 5.74) is -0.924. The fourth-order valence-corrected chi connectivity index (χ4v) is 3.82. The lowest BCUT2D eigenvalue weighted by Crippen LogP contribution is -2.45. The lowest BCUT2D eigenvalue weighted by Gasteiger charge is -2.35. The van der Waals surface area contributed by atoms with E-state index in [4.69, 9.17) is 0 Å². The number of hydrogen-bond acceptors (Lipinski definition) is 4. The van der Waals surface area contributed by atoms with Crippen LogP contribution in [0.25, 0.3) is 0 Å². The Hall–Kier alpha value is -0.920. The molecule has 0 saturated heterocycles. The number of aromatic amines is 1. The fourth-order valence-electron chi connectivity index (χ4n) is 2.77. The van der Waals surface area contributed by atoms with E-state index < -0.39 is 15.6 Å². The van der Waals surface area contributed by atoms with E-state index in [2.05, 4.69) is 21.6 Å². The Morgan fingerprint density at radius 1 is 1.43 bits per heavy atom. The summed E-state index contributed by atoms with van der Waals surface area (Å²) < 4.78 is 26.9. The van der Waals surface area contributed by atoms with Crippen molar-refractivity contribution in [2.75, 3.05) is 6.54 Å². The van der Waals surface area contributed by atoms with Crippen molar-refractivity contribution in [3.8, 4) is 0 Å². The summed E-state index contributed by atoms with van der Waals surface area (Å²) in [6.07, 6.45) is 6.30. The first-order valence-electron chi connectivity index (χ1n) is 7.64. The molecule has 3 N–H and O–H groups in total. The largest absolute Gasteiger partial charge is 0.389 e. The third-order valence-electron chi connectivity index (χ3n) is 4.43. The van der Waals surface area contributed by atoms with Crippen molar-refractivity contribution in [2.45, 2.75) is 63.0 Å². The first-order chi connectivity index (χ1) is 9.88. The molecule has 1 aromatic heterocycles. The molecule has 0 aliphatic heterocycles. The fraction of sp³-hybridized carbons (Fsp3) is 0.786. The van der Waals surface area contributed by atoms with E-state index in [1.54, 1.807) is 0 Å². The molecule has 1 aromatic rings. The van der Waals surface area contributed by atoms with Gasteiger partial charge in [-0.2, -0.15) is 0 Å². The number of rotatable bonds is 6. The number of sulfonamides is 1. The average molecular weight is 315 g/mol. The highest BCUT2D eigenvalue weighted by Crippen LogP contribution is 2.33. The van der Waals surface area contributed by atoms with Crippen molar-refractivity contribution in [1.82, 2.24) is 14.7 Å². The summed E-state index contributed by atoms with van der Waals surface area (Å²) in [5, 5.41) is 10.6. The summed E-state index contributed by atoms with van der Waals surface area (Å²) >= 11 is 0. The zero-order valence-electron chi connectivity index (χ0n) is 12.7. The van der Waals surface area contributed by atoms with Gasteiger partial charge in [0.2, 0.25) is 0 Å². The van der Waals surface area contributed by atoms with Crippen LogP contribution in [0.15, 0.2) is 11.2 Å². The molecule has 0 atom stereocenters. The van der Waals surface area contributed by atoms with Crippen molar-refractivity contribution in [1.29, 1.82) is 0 Å². The molecule has 1 saturated carbocycles. The zero-order chi connectivity index (χ0) is 15.5. The topological polar surface area (TPSA) is 95.1 Å². The van der Waals surface area contributed by atoms with Crippen molar-refractivity contribution >= 4 is 10.0 Å². The first kappa shape index (κ1) is 16.5. The van der Waals surface area contributed by atoms with Crippen LogP contribution in [0.2, 0.25) is 0 Å². The number of aromatic nitrogens is 2. The minimum atomic E-state index is -3.63. The molecule has 0 radical (unpaired) electrons. The van der Waals surface area contributed by atoms with E-state index in [1.807, 2.05) is 6.92 Å². The number of imidazole rings is 1. The SMILES string of the molecule is CCc1ncc(S(=O)(=O)NCC2(O)CCC(CC)CC2)[nH]1. The zero-order valence-corrected chi connectivity index (χ0v) is 13.5. The summed E-state index contributed by atoms with van der Waals surface area (Å²) in [5.74, 6) is 1.29. The van der Waals surface area contributed by atoms with E-state index in [-0.39, 0.29) is 11.6 Å². The smallest absolute Gasteiger partial charge is 0.257 e. The highest BCUT2D eigenvalue weighted by atomic mass is 32.2. The van der Waals surface area contributed by atoms with Gasteiger partial charge in [0.1, 0.15) is 5.82 Å². The molecule has 7 heteroatoms. The summed E-state index contributed by atoms with van der Waals surface area (Å²) in [7, 11) is -3.63. The number of hydrogen-bond donors (Lipinski definition) is 3. The maximum atomic E-state index is 12.2. The van der Waals surface area contributed by atoms with Crippen LogP contribution >= 0.6 is 0 Å². The minimum Gasteiger partial charge on any atom is -0.389 e. The van der Waals surface area contributed by atoms with Crippen LogP contribution in [0.5, 0.6) is 0 Å². The second-order valence-electron chi connectivity index (χ2n) is 5.95. The van der Waals surface area contributed by atoms with E-state index in [9.17, 15) is 13.5 Å². The molecule has 0 bridgehead atoms. The van der Waals surface area contributed by atoms with Gasteiger partial charge in [-0.25, -0.2) is 18.1 Å². The Kier molecular flexibility index (Phi) is 5.06. The van der Waals surface area contributed by atoms with Crippen LogP contribution in [-0.2, 0) is 16.4 Å². The van der Waals surface area contributed by atoms with Crippen molar-refractivity contribution in [3.63, 3.8) is 0 Å². The van der Waals surface area contributed by atoms with Gasteiger partial charge in [0.25, 0.3) is 10.0 Å². The molecule has 0 spiro atoms. The molecule has 0 aromatic carbocycles. The van der Waals surface area contributed by atoms with Crippen LogP contribution in [-0.4, -0.2) is 35.6 Å². The van der Waals surface area contributed by atoms with Gasteiger partial charge in [-0.05, 0) is 31.6 Å². The van der Waals surface area contributed by atoms with E-state index in [0.29, 0.717) is 31.0 Å². The van der Waals surface area contributed by atoms with Crippen LogP contribution in [0.4, 0.5) is 0 Å².